The summed E-state index contributed by atoms with van der Waals surface area (Å²) in [6.07, 6.45) is 0. The van der Waals surface area contributed by atoms with Gasteiger partial charge in [0.1, 0.15) is 127 Å². The van der Waals surface area contributed by atoms with Crippen molar-refractivity contribution in [1.29, 1.82) is 0 Å². The summed E-state index contributed by atoms with van der Waals surface area (Å²) >= 11 is 0. The Morgan fingerprint density at radius 1 is 0.177 bits per heavy atom. The Morgan fingerprint density at radius 3 is 0.823 bits per heavy atom. The van der Waals surface area contributed by atoms with Gasteiger partial charge in [0.25, 0.3) is 20.1 Å². The van der Waals surface area contributed by atoms with Gasteiger partial charge in [-0.25, -0.2) is 65.9 Å². The second-order valence-electron chi connectivity index (χ2n) is 35.2. The molecular formula is C114H61B3F15N9. The topological polar surface area (TPSA) is 30.9 Å². The van der Waals surface area contributed by atoms with Gasteiger partial charge in [-0.15, -0.1) is 0 Å². The van der Waals surface area contributed by atoms with Gasteiger partial charge in [0, 0.05) is 96.1 Å². The summed E-state index contributed by atoms with van der Waals surface area (Å²) in [5.74, 6) is -16.5. The fourth-order valence-corrected chi connectivity index (χ4v) is 22.5. The highest BCUT2D eigenvalue weighted by Crippen LogP contribution is 2.58. The summed E-state index contributed by atoms with van der Waals surface area (Å²) < 4.78 is 274. The van der Waals surface area contributed by atoms with Crippen molar-refractivity contribution in [3.05, 3.63) is 457 Å². The number of anilines is 24. The Labute approximate surface area is 795 Å². The number of aromatic nitrogens is 1. The van der Waals surface area contributed by atoms with Crippen molar-refractivity contribution in [3.8, 4) is 5.69 Å². The first-order valence-corrected chi connectivity index (χ1v) is 45.2. The minimum atomic E-state index is -1.47. The summed E-state index contributed by atoms with van der Waals surface area (Å²) in [6, 6.07) is 89.1. The molecule has 0 unspecified atom stereocenters. The van der Waals surface area contributed by atoms with Crippen LogP contribution in [0.4, 0.5) is 202 Å². The van der Waals surface area contributed by atoms with Gasteiger partial charge in [0.2, 0.25) is 0 Å². The maximum Gasteiger partial charge on any atom is 0.252 e. The number of hydrogen-bond acceptors (Lipinski definition) is 8. The van der Waals surface area contributed by atoms with Crippen LogP contribution in [0.3, 0.4) is 0 Å². The van der Waals surface area contributed by atoms with E-state index < -0.39 is 147 Å². The molecule has 0 spiro atoms. The van der Waals surface area contributed by atoms with Gasteiger partial charge in [-0.2, -0.15) is 0 Å². The maximum atomic E-state index is 19.0. The normalized spacial score (nSPS) is 13.1. The Kier molecular flexibility index (Phi) is 19.0. The van der Waals surface area contributed by atoms with Gasteiger partial charge in [-0.1, -0.05) is 176 Å². The zero-order chi connectivity index (χ0) is 95.7. The van der Waals surface area contributed by atoms with Gasteiger partial charge in [0.15, 0.2) is 0 Å². The molecular weight excluding hydrogens is 1810 g/mol. The molecule has 27 heteroatoms. The van der Waals surface area contributed by atoms with E-state index in [9.17, 15) is 0 Å². The third-order valence-electron chi connectivity index (χ3n) is 27.8. The number of benzene rings is 19. The largest absolute Gasteiger partial charge is 0.310 e. The molecule has 0 N–H and O–H groups in total. The van der Waals surface area contributed by atoms with Crippen molar-refractivity contribution < 1.29 is 65.9 Å². The molecule has 0 radical (unpaired) electrons. The molecule has 0 aliphatic carbocycles. The standard InChI is InChI=1S/C114H61B3F15N9/c118-75-36-17-33-68-102-96(135(65-31-11-4-12-32-65)108-78(121)39-19-40-79(108)122)61-101-105-114(102)141(106(68)75)95-60-94-73(58-74(95)116(105)70-35-14-16-52-91(70)137(101)110-82(125)43-21-44-83(110)126)117-72-57-71-92(59-93(72)139(112-86(129)47-23-48-87(112)130)98-53-66(133(62-25-5-1-6-26-62)63-27-7-2-8-28-63)54-99(104(98)117)140(94)113-88(131)49-24-50-89(113)132)138(111-84(127)45-22-46-85(111)128)100-56-67(134(64-29-9-3-10-30-64)107-76(119)37-18-38-77(107)120)55-97-103(100)115(71)69-34-13-15-51-90(69)136(97)109-80(123)41-20-42-81(109)124/h1-61H. The number of para-hydroxylation sites is 14. The molecule has 19 aromatic carbocycles. The molecule has 0 atom stereocenters. The predicted molar refractivity (Wildman–Crippen MR) is 532 cm³/mol. The fraction of sp³-hybridized carbons (Fsp3) is 0. The monoisotopic (exact) mass is 1870 g/mol. The van der Waals surface area contributed by atoms with Crippen LogP contribution in [0.2, 0.25) is 0 Å². The number of halogens is 15. The van der Waals surface area contributed by atoms with Crippen LogP contribution in [0.1, 0.15) is 0 Å². The average Bonchev–Trinajstić information content (AvgIpc) is 1.48. The first-order chi connectivity index (χ1) is 68.8. The summed E-state index contributed by atoms with van der Waals surface area (Å²) in [4.78, 5) is 10.9. The third kappa shape index (κ3) is 12.3. The molecule has 676 valence electrons. The molecule has 0 saturated carbocycles. The molecule has 9 nitrogen and oxygen atoms in total. The number of hydrogen-bond donors (Lipinski definition) is 0. The Hall–Kier alpha value is -17.5. The van der Waals surface area contributed by atoms with Crippen molar-refractivity contribution in [2.45, 2.75) is 0 Å². The summed E-state index contributed by atoms with van der Waals surface area (Å²) in [7, 11) is 0. The number of fused-ring (bicyclic) bond motifs is 16. The summed E-state index contributed by atoms with van der Waals surface area (Å²) in [5.41, 5.74) is -1.98. The summed E-state index contributed by atoms with van der Waals surface area (Å²) in [6.45, 7) is -4.00. The first-order valence-electron chi connectivity index (χ1n) is 45.2. The molecule has 6 aliphatic rings. The molecule has 7 heterocycles. The van der Waals surface area contributed by atoms with Crippen molar-refractivity contribution in [2.24, 2.45) is 0 Å². The highest BCUT2D eigenvalue weighted by Gasteiger charge is 2.54. The van der Waals surface area contributed by atoms with Crippen LogP contribution < -0.4 is 88.4 Å². The zero-order valence-electron chi connectivity index (χ0n) is 73.1. The SMILES string of the molecule is Fc1cccc(F)c1N(c1ccccc1)c1cc2c3c(c1)N(c1c(F)cccc1F)c1cc4c(cc1B3c1ccccc1N2c1c(F)cccc1F)B1c2cc3c(cc2N(c2c(F)cccc2F)c2cc(N(c5ccccc5)c5ccccc5)cc(c21)N4c1c(F)cccc1F)-n1c2c(F)cccc2c2c(N(c4ccccc4)c4c(F)cccc4F)cc4c(c21)B3c1ccccc1N4c1c(F)cccc1F. The van der Waals surface area contributed by atoms with Crippen LogP contribution in [0.25, 0.3) is 27.5 Å². The van der Waals surface area contributed by atoms with Crippen LogP contribution in [-0.2, 0) is 0 Å². The quantitative estimate of drug-likeness (QED) is 0.0786. The fourth-order valence-electron chi connectivity index (χ4n) is 22.5. The molecule has 0 saturated heterocycles. The molecule has 141 heavy (non-hydrogen) atoms. The van der Waals surface area contributed by atoms with E-state index in [-0.39, 0.29) is 157 Å². The minimum Gasteiger partial charge on any atom is -0.310 e. The van der Waals surface area contributed by atoms with Crippen LogP contribution in [0.15, 0.2) is 370 Å². The van der Waals surface area contributed by atoms with E-state index in [0.717, 1.165) is 103 Å². The van der Waals surface area contributed by atoms with Crippen molar-refractivity contribution >= 4 is 228 Å². The van der Waals surface area contributed by atoms with Crippen molar-refractivity contribution in [1.82, 2.24) is 4.57 Å². The zero-order valence-corrected chi connectivity index (χ0v) is 73.1. The van der Waals surface area contributed by atoms with Gasteiger partial charge >= 0.3 is 0 Å². The van der Waals surface area contributed by atoms with E-state index in [1.165, 1.54) is 88.9 Å². The van der Waals surface area contributed by atoms with Crippen LogP contribution in [-0.4, -0.2) is 24.7 Å². The molecule has 0 amide bonds. The lowest BCUT2D eigenvalue weighted by atomic mass is 9.29. The van der Waals surface area contributed by atoms with E-state index in [1.807, 2.05) is 4.90 Å². The average molecular weight is 1870 g/mol. The predicted octanol–water partition coefficient (Wildman–Crippen LogP) is 26.1. The van der Waals surface area contributed by atoms with E-state index in [2.05, 4.69) is 0 Å². The third-order valence-corrected chi connectivity index (χ3v) is 27.8. The second kappa shape index (κ2) is 31.8. The van der Waals surface area contributed by atoms with E-state index in [4.69, 9.17) is 0 Å². The van der Waals surface area contributed by atoms with Crippen LogP contribution in [0.5, 0.6) is 0 Å². The van der Waals surface area contributed by atoms with Crippen molar-refractivity contribution in [2.75, 3.05) is 39.2 Å². The van der Waals surface area contributed by atoms with Gasteiger partial charge < -0.3 is 43.8 Å². The Morgan fingerprint density at radius 2 is 0.447 bits per heavy atom. The lowest BCUT2D eigenvalue weighted by molar-refractivity contribution is 0.584. The van der Waals surface area contributed by atoms with Crippen LogP contribution in [0, 0.1) is 87.3 Å². The minimum absolute atomic E-state index is 0.0170. The van der Waals surface area contributed by atoms with Gasteiger partial charge in [-0.05, 0) is 243 Å². The molecule has 1 aromatic heterocycles. The molecule has 6 aliphatic heterocycles. The molecule has 20 aromatic rings. The smallest absolute Gasteiger partial charge is 0.252 e. The maximum absolute atomic E-state index is 19.0. The molecule has 26 rings (SSSR count). The highest BCUT2D eigenvalue weighted by molar-refractivity contribution is 7.05. The lowest BCUT2D eigenvalue weighted by Gasteiger charge is -2.48. The van der Waals surface area contributed by atoms with E-state index in [1.54, 1.807) is 217 Å². The van der Waals surface area contributed by atoms with E-state index >= 15 is 65.9 Å². The molecule has 0 fully saturated rings. The number of rotatable bonds is 14. The highest BCUT2D eigenvalue weighted by atomic mass is 19.2. The Balaban J connectivity index is 0.848. The molecule has 0 bridgehead atoms. The van der Waals surface area contributed by atoms with E-state index in [0.29, 0.717) is 16.8 Å². The van der Waals surface area contributed by atoms with Gasteiger partial charge in [-0.3, -0.25) is 0 Å². The first kappa shape index (κ1) is 84.1. The number of nitrogens with zero attached hydrogens (tertiary/aromatic N) is 9. The lowest BCUT2D eigenvalue weighted by Crippen LogP contribution is -2.66. The summed E-state index contributed by atoms with van der Waals surface area (Å²) in [5, 5.41) is 0.298. The Bertz CT molecular complexity index is 8590. The van der Waals surface area contributed by atoms with Crippen molar-refractivity contribution in [3.63, 3.8) is 0 Å². The second-order valence-corrected chi connectivity index (χ2v) is 35.2. The van der Waals surface area contributed by atoms with Gasteiger partial charge in [0.05, 0.1) is 28.1 Å². The van der Waals surface area contributed by atoms with Crippen LogP contribution >= 0.6 is 0 Å².